The fourth-order valence-electron chi connectivity index (χ4n) is 4.59. The minimum Gasteiger partial charge on any atom is -0.497 e. The average Bonchev–Trinajstić information content (AvgIpc) is 2.77. The molecule has 0 amide bonds. The Balaban J connectivity index is 1.38. The largest absolute Gasteiger partial charge is 0.497 e. The Hall–Kier alpha value is -2.08. The van der Waals surface area contributed by atoms with Gasteiger partial charge >= 0.3 is 0 Å². The van der Waals surface area contributed by atoms with Gasteiger partial charge in [-0.3, -0.25) is 4.90 Å². The molecule has 162 valence electrons. The van der Waals surface area contributed by atoms with Crippen molar-refractivity contribution in [1.82, 2.24) is 9.80 Å². The molecule has 2 aromatic rings. The molecule has 2 heterocycles. The topological polar surface area (TPSA) is 34.2 Å². The molecule has 0 N–H and O–H groups in total. The van der Waals surface area contributed by atoms with Crippen LogP contribution in [0.2, 0.25) is 0 Å². The lowest BCUT2D eigenvalue weighted by atomic mass is 9.84. The lowest BCUT2D eigenvalue weighted by molar-refractivity contribution is -0.00201. The molecule has 2 aromatic carbocycles. The third-order valence-electron chi connectivity index (χ3n) is 6.31. The van der Waals surface area contributed by atoms with Crippen LogP contribution < -0.4 is 9.47 Å². The number of rotatable bonds is 7. The molecule has 0 saturated carbocycles. The van der Waals surface area contributed by atoms with Gasteiger partial charge in [-0.1, -0.05) is 18.2 Å². The van der Waals surface area contributed by atoms with Gasteiger partial charge in [0.05, 0.1) is 26.9 Å². The maximum absolute atomic E-state index is 6.11. The lowest BCUT2D eigenvalue weighted by Gasteiger charge is -2.33. The molecule has 2 atom stereocenters. The molecular weight excluding hydrogens is 376 g/mol. The summed E-state index contributed by atoms with van der Waals surface area (Å²) in [7, 11) is 3.90. The summed E-state index contributed by atoms with van der Waals surface area (Å²) >= 11 is 0. The van der Waals surface area contributed by atoms with Crippen LogP contribution in [0.25, 0.3) is 0 Å². The number of nitrogens with zero attached hydrogens (tertiary/aromatic N) is 2. The van der Waals surface area contributed by atoms with E-state index in [2.05, 4.69) is 66.2 Å². The van der Waals surface area contributed by atoms with E-state index < -0.39 is 0 Å². The van der Waals surface area contributed by atoms with Crippen LogP contribution in [0.1, 0.15) is 36.0 Å². The highest BCUT2D eigenvalue weighted by atomic mass is 16.5. The first kappa shape index (κ1) is 21.2. The highest BCUT2D eigenvalue weighted by Crippen LogP contribution is 2.35. The summed E-state index contributed by atoms with van der Waals surface area (Å²) < 4.78 is 16.9. The van der Waals surface area contributed by atoms with Gasteiger partial charge in [-0.2, -0.15) is 0 Å². The van der Waals surface area contributed by atoms with Crippen LogP contribution in [0, 0.1) is 0 Å². The van der Waals surface area contributed by atoms with Gasteiger partial charge in [-0.25, -0.2) is 0 Å². The second-order valence-corrected chi connectivity index (χ2v) is 8.55. The minimum atomic E-state index is 0.376. The van der Waals surface area contributed by atoms with Crippen molar-refractivity contribution in [2.24, 2.45) is 0 Å². The predicted octanol–water partition coefficient (Wildman–Crippen LogP) is 3.76. The molecule has 0 unspecified atom stereocenters. The highest BCUT2D eigenvalue weighted by molar-refractivity contribution is 5.45. The van der Waals surface area contributed by atoms with Gasteiger partial charge in [0.15, 0.2) is 0 Å². The van der Waals surface area contributed by atoms with E-state index in [1.165, 1.54) is 16.7 Å². The maximum Gasteiger partial charge on any atom is 0.119 e. The van der Waals surface area contributed by atoms with Gasteiger partial charge in [0, 0.05) is 38.1 Å². The van der Waals surface area contributed by atoms with Crippen molar-refractivity contribution >= 4 is 0 Å². The molecule has 2 aliphatic heterocycles. The van der Waals surface area contributed by atoms with Crippen molar-refractivity contribution < 1.29 is 14.2 Å². The Kier molecular flexibility index (Phi) is 6.93. The number of ether oxygens (including phenoxy) is 3. The quantitative estimate of drug-likeness (QED) is 0.650. The number of morpholine rings is 1. The predicted molar refractivity (Wildman–Crippen MR) is 120 cm³/mol. The van der Waals surface area contributed by atoms with Crippen LogP contribution >= 0.6 is 0 Å². The van der Waals surface area contributed by atoms with Crippen molar-refractivity contribution in [3.63, 3.8) is 0 Å². The van der Waals surface area contributed by atoms with E-state index in [-0.39, 0.29) is 0 Å². The molecule has 4 rings (SSSR count). The number of fused-ring (bicyclic) bond motifs is 1. The second kappa shape index (κ2) is 9.82. The molecule has 2 aliphatic rings. The first-order valence-electron chi connectivity index (χ1n) is 11.0. The van der Waals surface area contributed by atoms with Gasteiger partial charge < -0.3 is 19.1 Å². The molecule has 0 aromatic heterocycles. The normalized spacial score (nSPS) is 22.5. The highest BCUT2D eigenvalue weighted by Gasteiger charge is 2.25. The van der Waals surface area contributed by atoms with Crippen LogP contribution in [0.4, 0.5) is 0 Å². The third kappa shape index (κ3) is 4.97. The molecule has 1 fully saturated rings. The Bertz CT molecular complexity index is 824. The molecule has 0 spiro atoms. The number of hydrogen-bond acceptors (Lipinski definition) is 5. The van der Waals surface area contributed by atoms with E-state index in [0.29, 0.717) is 12.0 Å². The number of hydrogen-bond donors (Lipinski definition) is 0. The monoisotopic (exact) mass is 410 g/mol. The standard InChI is InChI=1S/C25H34N2O3/c1-19-18-29-14-12-27(19)11-4-13-30-23-9-10-24-21(15-23)16-26(2)17-25(24)20-5-7-22(28-3)8-6-20/h5-10,15,19,25H,4,11-14,16-18H2,1-3H3/t19-,25+/m0/s1. The summed E-state index contributed by atoms with van der Waals surface area (Å²) in [5.41, 5.74) is 4.11. The number of likely N-dealkylation sites (N-methyl/N-ethyl adjacent to an activating group) is 1. The van der Waals surface area contributed by atoms with E-state index in [4.69, 9.17) is 14.2 Å². The molecule has 5 heteroatoms. The Morgan fingerprint density at radius 1 is 1.10 bits per heavy atom. The molecular formula is C25H34N2O3. The van der Waals surface area contributed by atoms with E-state index in [1.54, 1.807) is 7.11 Å². The van der Waals surface area contributed by atoms with Gasteiger partial charge in [0.25, 0.3) is 0 Å². The van der Waals surface area contributed by atoms with Crippen molar-refractivity contribution in [2.75, 3.05) is 53.6 Å². The first-order chi connectivity index (χ1) is 14.6. The molecule has 1 saturated heterocycles. The van der Waals surface area contributed by atoms with Crippen LogP contribution in [-0.4, -0.2) is 69.5 Å². The van der Waals surface area contributed by atoms with Gasteiger partial charge in [0.2, 0.25) is 0 Å². The summed E-state index contributed by atoms with van der Waals surface area (Å²) in [6, 6.07) is 15.6. The number of methoxy groups -OCH3 is 1. The fourth-order valence-corrected chi connectivity index (χ4v) is 4.59. The van der Waals surface area contributed by atoms with Crippen molar-refractivity contribution in [3.8, 4) is 11.5 Å². The first-order valence-corrected chi connectivity index (χ1v) is 11.0. The van der Waals surface area contributed by atoms with Crippen LogP contribution in [0.5, 0.6) is 11.5 Å². The minimum absolute atomic E-state index is 0.376. The number of benzene rings is 2. The van der Waals surface area contributed by atoms with E-state index in [0.717, 1.165) is 63.9 Å². The van der Waals surface area contributed by atoms with Crippen molar-refractivity contribution in [1.29, 1.82) is 0 Å². The van der Waals surface area contributed by atoms with Crippen LogP contribution in [-0.2, 0) is 11.3 Å². The SMILES string of the molecule is COc1ccc([C@H]2CN(C)Cc3cc(OCCCN4CCOC[C@@H]4C)ccc32)cc1. The zero-order valence-electron chi connectivity index (χ0n) is 18.5. The van der Waals surface area contributed by atoms with Gasteiger partial charge in [-0.15, -0.1) is 0 Å². The van der Waals surface area contributed by atoms with Crippen molar-refractivity contribution in [3.05, 3.63) is 59.2 Å². The van der Waals surface area contributed by atoms with Gasteiger partial charge in [-0.05, 0) is 61.3 Å². The lowest BCUT2D eigenvalue weighted by Crippen LogP contribution is -2.44. The summed E-state index contributed by atoms with van der Waals surface area (Å²) in [6.45, 7) is 8.76. The molecule has 5 nitrogen and oxygen atoms in total. The maximum atomic E-state index is 6.11. The van der Waals surface area contributed by atoms with Crippen LogP contribution in [0.3, 0.4) is 0 Å². The third-order valence-corrected chi connectivity index (χ3v) is 6.31. The van der Waals surface area contributed by atoms with Crippen molar-refractivity contribution in [2.45, 2.75) is 31.8 Å². The zero-order chi connectivity index (χ0) is 20.9. The van der Waals surface area contributed by atoms with Gasteiger partial charge in [0.1, 0.15) is 11.5 Å². The molecule has 0 radical (unpaired) electrons. The summed E-state index contributed by atoms with van der Waals surface area (Å²) in [5, 5.41) is 0. The fraction of sp³-hybridized carbons (Fsp3) is 0.520. The van der Waals surface area contributed by atoms with E-state index in [9.17, 15) is 0 Å². The Morgan fingerprint density at radius 2 is 1.90 bits per heavy atom. The second-order valence-electron chi connectivity index (χ2n) is 8.55. The molecule has 0 aliphatic carbocycles. The zero-order valence-corrected chi connectivity index (χ0v) is 18.5. The molecule has 0 bridgehead atoms. The average molecular weight is 411 g/mol. The smallest absolute Gasteiger partial charge is 0.119 e. The summed E-state index contributed by atoms with van der Waals surface area (Å²) in [4.78, 5) is 4.88. The Labute approximate surface area is 180 Å². The Morgan fingerprint density at radius 3 is 2.67 bits per heavy atom. The summed E-state index contributed by atoms with van der Waals surface area (Å²) in [5.74, 6) is 2.26. The molecule has 30 heavy (non-hydrogen) atoms. The van der Waals surface area contributed by atoms with Crippen LogP contribution in [0.15, 0.2) is 42.5 Å². The van der Waals surface area contributed by atoms with E-state index in [1.807, 2.05) is 0 Å². The summed E-state index contributed by atoms with van der Waals surface area (Å²) in [6.07, 6.45) is 1.04. The van der Waals surface area contributed by atoms with E-state index >= 15 is 0 Å².